The minimum absolute atomic E-state index is 0.144. The fourth-order valence-electron chi connectivity index (χ4n) is 2.73. The normalized spacial score (nSPS) is 12.5. The van der Waals surface area contributed by atoms with Crippen molar-refractivity contribution in [3.8, 4) is 10.6 Å². The Labute approximate surface area is 156 Å². The summed E-state index contributed by atoms with van der Waals surface area (Å²) in [4.78, 5) is 6.71. The van der Waals surface area contributed by atoms with Crippen LogP contribution in [0, 0.1) is 11.6 Å². The Morgan fingerprint density at radius 2 is 1.62 bits per heavy atom. The summed E-state index contributed by atoms with van der Waals surface area (Å²) in [5, 5.41) is 6.31. The third-order valence-electron chi connectivity index (χ3n) is 4.16. The molecule has 2 aromatic carbocycles. The van der Waals surface area contributed by atoms with E-state index in [1.54, 1.807) is 23.5 Å². The number of nitrogens with zero attached hydrogens (tertiary/aromatic N) is 2. The van der Waals surface area contributed by atoms with Gasteiger partial charge in [0.2, 0.25) is 0 Å². The number of hydrogen-bond donors (Lipinski definition) is 1. The minimum Gasteiger partial charge on any atom is -0.309 e. The average molecular weight is 373 g/mol. The molecule has 136 valence electrons. The molecule has 0 aliphatic carbocycles. The van der Waals surface area contributed by atoms with Gasteiger partial charge in [-0.2, -0.15) is 0 Å². The number of hydrogen-bond acceptors (Lipinski definition) is 4. The van der Waals surface area contributed by atoms with Crippen molar-refractivity contribution in [2.75, 3.05) is 20.6 Å². The van der Waals surface area contributed by atoms with Gasteiger partial charge >= 0.3 is 0 Å². The van der Waals surface area contributed by atoms with Crippen molar-refractivity contribution in [3.63, 3.8) is 0 Å². The van der Waals surface area contributed by atoms with Gasteiger partial charge in [-0.3, -0.25) is 0 Å². The lowest BCUT2D eigenvalue weighted by molar-refractivity contribution is 0.288. The predicted molar refractivity (Wildman–Crippen MR) is 102 cm³/mol. The van der Waals surface area contributed by atoms with Crippen molar-refractivity contribution >= 4 is 11.3 Å². The minimum atomic E-state index is -0.247. The lowest BCUT2D eigenvalue weighted by atomic mass is 10.1. The van der Waals surface area contributed by atoms with Crippen molar-refractivity contribution in [2.45, 2.75) is 12.6 Å². The van der Waals surface area contributed by atoms with E-state index >= 15 is 0 Å². The summed E-state index contributed by atoms with van der Waals surface area (Å²) < 4.78 is 26.2. The molecule has 1 aromatic heterocycles. The van der Waals surface area contributed by atoms with Gasteiger partial charge in [0.15, 0.2) is 0 Å². The van der Waals surface area contributed by atoms with Crippen LogP contribution < -0.4 is 5.32 Å². The van der Waals surface area contributed by atoms with Crippen molar-refractivity contribution in [1.82, 2.24) is 15.2 Å². The van der Waals surface area contributed by atoms with Gasteiger partial charge in [0, 0.05) is 30.1 Å². The summed E-state index contributed by atoms with van der Waals surface area (Å²) >= 11 is 1.55. The molecule has 0 aliphatic rings. The van der Waals surface area contributed by atoms with Crippen LogP contribution >= 0.6 is 11.3 Å². The molecule has 0 aliphatic heterocycles. The highest BCUT2D eigenvalue weighted by molar-refractivity contribution is 7.13. The first kappa shape index (κ1) is 18.6. The van der Waals surface area contributed by atoms with E-state index in [-0.39, 0.29) is 17.7 Å². The number of nitrogens with one attached hydrogen (secondary N) is 1. The fraction of sp³-hybridized carbons (Fsp3) is 0.250. The number of thiazole rings is 1. The molecule has 3 aromatic rings. The van der Waals surface area contributed by atoms with Crippen LogP contribution in [0.25, 0.3) is 10.6 Å². The highest BCUT2D eigenvalue weighted by Gasteiger charge is 2.14. The van der Waals surface area contributed by atoms with E-state index in [1.165, 1.54) is 24.3 Å². The fourth-order valence-corrected chi connectivity index (χ4v) is 3.56. The third-order valence-corrected chi connectivity index (χ3v) is 5.11. The quantitative estimate of drug-likeness (QED) is 0.662. The highest BCUT2D eigenvalue weighted by atomic mass is 32.1. The first-order valence-electron chi connectivity index (χ1n) is 8.36. The molecule has 26 heavy (non-hydrogen) atoms. The molecule has 1 heterocycles. The molecule has 1 unspecified atom stereocenters. The molecule has 0 amide bonds. The Balaban J connectivity index is 1.60. The van der Waals surface area contributed by atoms with Crippen LogP contribution in [0.15, 0.2) is 53.9 Å². The van der Waals surface area contributed by atoms with Gasteiger partial charge in [0.1, 0.15) is 16.6 Å². The van der Waals surface area contributed by atoms with Gasteiger partial charge in [-0.05, 0) is 56.1 Å². The maximum Gasteiger partial charge on any atom is 0.123 e. The number of rotatable bonds is 7. The van der Waals surface area contributed by atoms with Crippen molar-refractivity contribution in [2.24, 2.45) is 0 Å². The van der Waals surface area contributed by atoms with Crippen molar-refractivity contribution < 1.29 is 8.78 Å². The molecule has 3 rings (SSSR count). The summed E-state index contributed by atoms with van der Waals surface area (Å²) in [6.45, 7) is 1.37. The van der Waals surface area contributed by atoms with E-state index in [0.29, 0.717) is 6.54 Å². The monoisotopic (exact) mass is 373 g/mol. The van der Waals surface area contributed by atoms with E-state index in [4.69, 9.17) is 0 Å². The second kappa shape index (κ2) is 8.49. The lowest BCUT2D eigenvalue weighted by Crippen LogP contribution is -2.30. The standard InChI is InChI=1S/C20H21F2N3S/c1-25(2)19(14-3-7-16(21)8-4-14)12-23-11-18-13-26-20(24-18)15-5-9-17(22)10-6-15/h3-10,13,19,23H,11-12H2,1-2H3. The molecule has 3 nitrogen and oxygen atoms in total. The Kier molecular flexibility index (Phi) is 6.08. The van der Waals surface area contributed by atoms with E-state index in [9.17, 15) is 8.78 Å². The molecule has 0 saturated heterocycles. The maximum absolute atomic E-state index is 13.1. The van der Waals surface area contributed by atoms with E-state index in [1.807, 2.05) is 31.6 Å². The van der Waals surface area contributed by atoms with Gasteiger partial charge in [-0.15, -0.1) is 11.3 Å². The molecular weight excluding hydrogens is 352 g/mol. The highest BCUT2D eigenvalue weighted by Crippen LogP contribution is 2.24. The number of benzene rings is 2. The second-order valence-electron chi connectivity index (χ2n) is 6.31. The number of aromatic nitrogens is 1. The van der Waals surface area contributed by atoms with Gasteiger partial charge in [0.25, 0.3) is 0 Å². The Morgan fingerprint density at radius 1 is 1.00 bits per heavy atom. The van der Waals surface area contributed by atoms with Gasteiger partial charge in [0.05, 0.1) is 5.69 Å². The predicted octanol–water partition coefficient (Wildman–Crippen LogP) is 4.48. The first-order chi connectivity index (χ1) is 12.5. The lowest BCUT2D eigenvalue weighted by Gasteiger charge is -2.25. The zero-order valence-electron chi connectivity index (χ0n) is 14.7. The Hall–Kier alpha value is -2.15. The van der Waals surface area contributed by atoms with Crippen LogP contribution in [0.3, 0.4) is 0 Å². The van der Waals surface area contributed by atoms with Crippen LogP contribution in [-0.2, 0) is 6.54 Å². The SMILES string of the molecule is CN(C)C(CNCc1csc(-c2ccc(F)cc2)n1)c1ccc(F)cc1. The van der Waals surface area contributed by atoms with Crippen molar-refractivity contribution in [3.05, 3.63) is 76.8 Å². The summed E-state index contributed by atoms with van der Waals surface area (Å²) in [6.07, 6.45) is 0. The molecule has 1 atom stereocenters. The molecule has 0 radical (unpaired) electrons. The number of likely N-dealkylation sites (N-methyl/N-ethyl adjacent to an activating group) is 1. The van der Waals surface area contributed by atoms with Crippen molar-refractivity contribution in [1.29, 1.82) is 0 Å². The largest absolute Gasteiger partial charge is 0.309 e. The topological polar surface area (TPSA) is 28.2 Å². The molecule has 0 saturated carbocycles. The van der Waals surface area contributed by atoms with E-state index in [0.717, 1.165) is 28.4 Å². The van der Waals surface area contributed by atoms with Gasteiger partial charge in [-0.25, -0.2) is 13.8 Å². The summed E-state index contributed by atoms with van der Waals surface area (Å²) in [7, 11) is 4.01. The van der Waals surface area contributed by atoms with Gasteiger partial charge in [-0.1, -0.05) is 12.1 Å². The van der Waals surface area contributed by atoms with Crippen LogP contribution in [0.4, 0.5) is 8.78 Å². The molecule has 0 spiro atoms. The van der Waals surface area contributed by atoms with Crippen LogP contribution in [0.5, 0.6) is 0 Å². The summed E-state index contributed by atoms with van der Waals surface area (Å²) in [5.41, 5.74) is 2.93. The van der Waals surface area contributed by atoms with E-state index in [2.05, 4.69) is 15.2 Å². The Morgan fingerprint density at radius 3 is 2.23 bits per heavy atom. The van der Waals surface area contributed by atoms with E-state index < -0.39 is 0 Å². The third kappa shape index (κ3) is 4.72. The molecule has 0 bridgehead atoms. The van der Waals surface area contributed by atoms with Gasteiger partial charge < -0.3 is 10.2 Å². The summed E-state index contributed by atoms with van der Waals surface area (Å²) in [5.74, 6) is -0.474. The average Bonchev–Trinajstić information content (AvgIpc) is 3.09. The van der Waals surface area contributed by atoms with Crippen LogP contribution in [0.2, 0.25) is 0 Å². The Bertz CT molecular complexity index is 829. The zero-order chi connectivity index (χ0) is 18.5. The second-order valence-corrected chi connectivity index (χ2v) is 7.17. The molecular formula is C20H21F2N3S. The summed E-state index contributed by atoms with van der Waals surface area (Å²) in [6, 6.07) is 13.1. The molecule has 6 heteroatoms. The smallest absolute Gasteiger partial charge is 0.123 e. The molecule has 0 fully saturated rings. The first-order valence-corrected chi connectivity index (χ1v) is 9.24. The number of halogens is 2. The molecule has 1 N–H and O–H groups in total. The zero-order valence-corrected chi connectivity index (χ0v) is 15.6. The maximum atomic E-state index is 13.1. The van der Waals surface area contributed by atoms with Crippen LogP contribution in [-0.4, -0.2) is 30.5 Å². The van der Waals surface area contributed by atoms with Crippen LogP contribution in [0.1, 0.15) is 17.3 Å².